The molecule has 0 aliphatic heterocycles. The maximum atomic E-state index is 12.3. The summed E-state index contributed by atoms with van der Waals surface area (Å²) >= 11 is 1.44. The molecule has 0 bridgehead atoms. The first-order valence-corrected chi connectivity index (χ1v) is 10.7. The second-order valence-electron chi connectivity index (χ2n) is 7.03. The number of rotatable bonds is 7. The van der Waals surface area contributed by atoms with Gasteiger partial charge in [0.15, 0.2) is 6.39 Å². The van der Waals surface area contributed by atoms with Crippen molar-refractivity contribution in [1.29, 1.82) is 0 Å². The Bertz CT molecular complexity index is 1210. The highest BCUT2D eigenvalue weighted by molar-refractivity contribution is 7.15. The van der Waals surface area contributed by atoms with E-state index in [4.69, 9.17) is 14.3 Å². The number of benzene rings is 2. The molecule has 1 amide bonds. The van der Waals surface area contributed by atoms with Crippen LogP contribution in [-0.4, -0.2) is 22.2 Å². The van der Waals surface area contributed by atoms with Crippen LogP contribution in [0.1, 0.15) is 23.5 Å². The number of ether oxygens (including phenoxy) is 1. The van der Waals surface area contributed by atoms with Crippen molar-refractivity contribution in [2.45, 2.75) is 19.4 Å². The monoisotopic (exact) mass is 448 g/mol. The molecule has 32 heavy (non-hydrogen) atoms. The summed E-state index contributed by atoms with van der Waals surface area (Å²) in [4.78, 5) is 29.2. The van der Waals surface area contributed by atoms with E-state index in [1.165, 1.54) is 17.7 Å². The summed E-state index contributed by atoms with van der Waals surface area (Å²) in [5.74, 6) is -0.653. The molecular weight excluding hydrogens is 428 g/mol. The summed E-state index contributed by atoms with van der Waals surface area (Å²) < 4.78 is 10.8. The Morgan fingerprint density at radius 2 is 1.78 bits per heavy atom. The lowest BCUT2D eigenvalue weighted by Gasteiger charge is -2.13. The number of carboxylic acids is 1. The maximum Gasteiger partial charge on any atom is 0.414 e. The third-order valence-corrected chi connectivity index (χ3v) is 5.90. The number of hydrogen-bond acceptors (Lipinski definition) is 6. The van der Waals surface area contributed by atoms with E-state index >= 15 is 0 Å². The van der Waals surface area contributed by atoms with Crippen molar-refractivity contribution in [2.75, 3.05) is 5.32 Å². The van der Waals surface area contributed by atoms with Crippen LogP contribution in [0.5, 0.6) is 0 Å². The molecule has 162 valence electrons. The van der Waals surface area contributed by atoms with Crippen LogP contribution in [0.3, 0.4) is 0 Å². The zero-order valence-corrected chi connectivity index (χ0v) is 18.0. The highest BCUT2D eigenvalue weighted by Gasteiger charge is 2.17. The van der Waals surface area contributed by atoms with Crippen molar-refractivity contribution < 1.29 is 23.8 Å². The summed E-state index contributed by atoms with van der Waals surface area (Å²) in [5.41, 5.74) is 3.09. The Labute approximate surface area is 188 Å². The first kappa shape index (κ1) is 21.3. The van der Waals surface area contributed by atoms with Gasteiger partial charge < -0.3 is 14.3 Å². The molecule has 0 radical (unpaired) electrons. The Balaban J connectivity index is 1.44. The Morgan fingerprint density at radius 1 is 1.06 bits per heavy atom. The van der Waals surface area contributed by atoms with Crippen molar-refractivity contribution in [3.05, 3.63) is 83.6 Å². The molecule has 0 saturated heterocycles. The first-order chi connectivity index (χ1) is 15.5. The van der Waals surface area contributed by atoms with Gasteiger partial charge in [-0.3, -0.25) is 10.1 Å². The van der Waals surface area contributed by atoms with E-state index in [-0.39, 0.29) is 12.3 Å². The third-order valence-electron chi connectivity index (χ3n) is 4.77. The third kappa shape index (κ3) is 5.04. The van der Waals surface area contributed by atoms with E-state index in [2.05, 4.69) is 10.3 Å². The Morgan fingerprint density at radius 3 is 2.50 bits per heavy atom. The largest absolute Gasteiger partial charge is 0.481 e. The number of nitrogens with zero attached hydrogens (tertiary/aromatic N) is 1. The highest BCUT2D eigenvalue weighted by Crippen LogP contribution is 2.32. The molecule has 4 rings (SSSR count). The number of anilines is 1. The molecule has 2 heterocycles. The van der Waals surface area contributed by atoms with E-state index in [1.54, 1.807) is 6.92 Å². The fraction of sp³-hybridized carbons (Fsp3) is 0.125. The highest BCUT2D eigenvalue weighted by atomic mass is 32.1. The number of nitrogens with one attached hydrogen (secondary N) is 1. The van der Waals surface area contributed by atoms with E-state index in [0.717, 1.165) is 26.4 Å². The number of carboxylic acid groups (broad SMARTS) is 1. The van der Waals surface area contributed by atoms with Crippen molar-refractivity contribution in [2.24, 2.45) is 0 Å². The summed E-state index contributed by atoms with van der Waals surface area (Å²) in [6.45, 7) is 1.79. The van der Waals surface area contributed by atoms with Crippen LogP contribution >= 0.6 is 11.3 Å². The maximum absolute atomic E-state index is 12.3. The van der Waals surface area contributed by atoms with Crippen molar-refractivity contribution in [3.63, 3.8) is 0 Å². The minimum Gasteiger partial charge on any atom is -0.481 e. The molecule has 0 aliphatic rings. The zero-order chi connectivity index (χ0) is 22.5. The fourth-order valence-corrected chi connectivity index (χ4v) is 4.19. The molecule has 0 fully saturated rings. The second kappa shape index (κ2) is 9.49. The van der Waals surface area contributed by atoms with Gasteiger partial charge in [0.2, 0.25) is 5.88 Å². The van der Waals surface area contributed by atoms with E-state index in [9.17, 15) is 9.59 Å². The lowest BCUT2D eigenvalue weighted by atomic mass is 10.1. The SMILES string of the molecule is CC(OC(=O)Nc1ocnc1-c1ccc(-c2ccc(CC(=O)O)s2)cc1)c1ccccc1. The molecule has 0 saturated carbocycles. The van der Waals surface area contributed by atoms with Crippen LogP contribution in [0.25, 0.3) is 21.7 Å². The van der Waals surface area contributed by atoms with Crippen molar-refractivity contribution >= 4 is 29.3 Å². The zero-order valence-electron chi connectivity index (χ0n) is 17.1. The molecular formula is C24H20N2O5S. The lowest BCUT2D eigenvalue weighted by molar-refractivity contribution is -0.136. The average molecular weight is 449 g/mol. The van der Waals surface area contributed by atoms with Gasteiger partial charge in [-0.2, -0.15) is 0 Å². The first-order valence-electron chi connectivity index (χ1n) is 9.87. The molecule has 8 heteroatoms. The van der Waals surface area contributed by atoms with Gasteiger partial charge in [0.05, 0.1) is 6.42 Å². The van der Waals surface area contributed by atoms with E-state index < -0.39 is 18.2 Å². The number of oxazole rings is 1. The second-order valence-corrected chi connectivity index (χ2v) is 8.20. The van der Waals surface area contributed by atoms with Crippen molar-refractivity contribution in [1.82, 2.24) is 4.98 Å². The van der Waals surface area contributed by atoms with Crippen LogP contribution in [0.4, 0.5) is 10.7 Å². The average Bonchev–Trinajstić information content (AvgIpc) is 3.43. The van der Waals surface area contributed by atoms with Crippen LogP contribution in [0, 0.1) is 0 Å². The van der Waals surface area contributed by atoms with Gasteiger partial charge in [-0.05, 0) is 30.2 Å². The van der Waals surface area contributed by atoms with Crippen LogP contribution in [0.15, 0.2) is 77.5 Å². The van der Waals surface area contributed by atoms with E-state index in [0.29, 0.717) is 5.69 Å². The number of thiophene rings is 1. The van der Waals surface area contributed by atoms with Gasteiger partial charge in [-0.25, -0.2) is 9.78 Å². The van der Waals surface area contributed by atoms with Crippen LogP contribution in [-0.2, 0) is 16.0 Å². The topological polar surface area (TPSA) is 102 Å². The lowest BCUT2D eigenvalue weighted by Crippen LogP contribution is -2.16. The molecule has 7 nitrogen and oxygen atoms in total. The predicted molar refractivity (Wildman–Crippen MR) is 122 cm³/mol. The van der Waals surface area contributed by atoms with Gasteiger partial charge in [0.25, 0.3) is 0 Å². The molecule has 0 aliphatic carbocycles. The molecule has 4 aromatic rings. The minimum absolute atomic E-state index is 0.00963. The summed E-state index contributed by atoms with van der Waals surface area (Å²) in [5, 5.41) is 11.5. The normalized spacial score (nSPS) is 11.7. The number of carbonyl (C=O) groups excluding carboxylic acids is 1. The number of carbonyl (C=O) groups is 2. The predicted octanol–water partition coefficient (Wildman–Crippen LogP) is 6.01. The minimum atomic E-state index is -0.850. The Hall–Kier alpha value is -3.91. The molecule has 2 N–H and O–H groups in total. The molecule has 2 aromatic carbocycles. The molecule has 1 atom stereocenters. The van der Waals surface area contributed by atoms with Gasteiger partial charge in [0, 0.05) is 15.3 Å². The van der Waals surface area contributed by atoms with Gasteiger partial charge in [-0.15, -0.1) is 11.3 Å². The number of hydrogen-bond donors (Lipinski definition) is 2. The van der Waals surface area contributed by atoms with E-state index in [1.807, 2.05) is 66.7 Å². The van der Waals surface area contributed by atoms with Gasteiger partial charge in [-0.1, -0.05) is 54.6 Å². The molecule has 1 unspecified atom stereocenters. The summed E-state index contributed by atoms with van der Waals surface area (Å²) in [7, 11) is 0. The summed E-state index contributed by atoms with van der Waals surface area (Å²) in [6.07, 6.45) is 0.214. The van der Waals surface area contributed by atoms with Crippen LogP contribution in [0.2, 0.25) is 0 Å². The van der Waals surface area contributed by atoms with Gasteiger partial charge >= 0.3 is 12.1 Å². The fourth-order valence-electron chi connectivity index (χ4n) is 3.18. The number of aromatic nitrogens is 1. The standard InChI is InChI=1S/C24H20N2O5S/c1-15(16-5-3-2-4-6-16)31-24(29)26-23-22(25-14-30-23)18-9-7-17(8-10-18)20-12-11-19(32-20)13-21(27)28/h2-12,14-15H,13H2,1H3,(H,26,29)(H,27,28). The smallest absolute Gasteiger partial charge is 0.414 e. The number of aliphatic carboxylic acids is 1. The molecule has 0 spiro atoms. The van der Waals surface area contributed by atoms with Gasteiger partial charge in [0.1, 0.15) is 11.8 Å². The number of amides is 1. The summed E-state index contributed by atoms with van der Waals surface area (Å²) in [6, 6.07) is 20.7. The molecule has 2 aromatic heterocycles. The Kier molecular flexibility index (Phi) is 6.32. The quantitative estimate of drug-likeness (QED) is 0.359. The van der Waals surface area contributed by atoms with Crippen LogP contribution < -0.4 is 5.32 Å². The van der Waals surface area contributed by atoms with Crippen molar-refractivity contribution in [3.8, 4) is 21.7 Å².